The van der Waals surface area contributed by atoms with Crippen LogP contribution in [0.2, 0.25) is 0 Å². The van der Waals surface area contributed by atoms with Gasteiger partial charge in [-0.15, -0.1) is 11.6 Å². The van der Waals surface area contributed by atoms with Gasteiger partial charge in [-0.2, -0.15) is 0 Å². The Morgan fingerprint density at radius 2 is 1.67 bits per heavy atom. The van der Waals surface area contributed by atoms with Crippen LogP contribution in [0.4, 0.5) is 0 Å². The van der Waals surface area contributed by atoms with Crippen molar-refractivity contribution in [3.63, 3.8) is 0 Å². The highest BCUT2D eigenvalue weighted by Gasteiger charge is 2.07. The number of alkyl halides is 1. The SMILES string of the molecule is CCOP(CCCCCl)OCC. The number of unbranched alkanes of at least 4 members (excludes halogenated alkanes) is 1. The van der Waals surface area contributed by atoms with Crippen molar-refractivity contribution in [1.29, 1.82) is 0 Å². The molecule has 2 nitrogen and oxygen atoms in total. The average Bonchev–Trinajstić information content (AvgIpc) is 2.06. The van der Waals surface area contributed by atoms with Gasteiger partial charge < -0.3 is 9.05 Å². The highest BCUT2D eigenvalue weighted by Crippen LogP contribution is 2.38. The third kappa shape index (κ3) is 7.30. The number of hydrogen-bond donors (Lipinski definition) is 0. The second-order valence-corrected chi connectivity index (χ2v) is 4.30. The van der Waals surface area contributed by atoms with E-state index in [-0.39, 0.29) is 0 Å². The van der Waals surface area contributed by atoms with Crippen molar-refractivity contribution in [2.45, 2.75) is 26.7 Å². The van der Waals surface area contributed by atoms with Gasteiger partial charge in [0.2, 0.25) is 0 Å². The number of rotatable bonds is 8. The Morgan fingerprint density at radius 1 is 1.08 bits per heavy atom. The van der Waals surface area contributed by atoms with Crippen LogP contribution >= 0.6 is 20.0 Å². The molecule has 0 amide bonds. The van der Waals surface area contributed by atoms with Crippen LogP contribution in [0, 0.1) is 0 Å². The standard InChI is InChI=1S/C8H18ClO2P/c1-3-10-12(11-4-2)8-6-5-7-9/h3-8H2,1-2H3. The van der Waals surface area contributed by atoms with Crippen LogP contribution in [-0.2, 0) is 9.05 Å². The van der Waals surface area contributed by atoms with Crippen LogP contribution in [-0.4, -0.2) is 25.3 Å². The molecule has 0 saturated heterocycles. The fraction of sp³-hybridized carbons (Fsp3) is 1.00. The first-order valence-corrected chi connectivity index (χ1v) is 6.34. The molecule has 4 heteroatoms. The molecule has 74 valence electrons. The summed E-state index contributed by atoms with van der Waals surface area (Å²) in [5.74, 6) is 0.738. The highest BCUT2D eigenvalue weighted by molar-refractivity contribution is 7.47. The second-order valence-electron chi connectivity index (χ2n) is 2.29. The van der Waals surface area contributed by atoms with E-state index in [4.69, 9.17) is 20.6 Å². The maximum atomic E-state index is 5.56. The quantitative estimate of drug-likeness (QED) is 0.349. The number of hydrogen-bond acceptors (Lipinski definition) is 2. The molecule has 0 aromatic heterocycles. The molecule has 0 unspecified atom stereocenters. The lowest BCUT2D eigenvalue weighted by Gasteiger charge is -2.14. The first-order valence-electron chi connectivity index (χ1n) is 4.44. The van der Waals surface area contributed by atoms with E-state index in [9.17, 15) is 0 Å². The molecule has 0 N–H and O–H groups in total. The van der Waals surface area contributed by atoms with Crippen LogP contribution in [0.5, 0.6) is 0 Å². The zero-order valence-electron chi connectivity index (χ0n) is 7.88. The Morgan fingerprint density at radius 3 is 2.08 bits per heavy atom. The molecule has 0 spiro atoms. The monoisotopic (exact) mass is 212 g/mol. The van der Waals surface area contributed by atoms with E-state index < -0.39 is 8.38 Å². The van der Waals surface area contributed by atoms with Crippen LogP contribution in [0.15, 0.2) is 0 Å². The van der Waals surface area contributed by atoms with Gasteiger partial charge in [-0.25, -0.2) is 0 Å². The predicted molar refractivity (Wildman–Crippen MR) is 55.0 cm³/mol. The molecule has 0 aromatic carbocycles. The summed E-state index contributed by atoms with van der Waals surface area (Å²) in [4.78, 5) is 0. The van der Waals surface area contributed by atoms with E-state index in [1.54, 1.807) is 0 Å². The summed E-state index contributed by atoms with van der Waals surface area (Å²) in [6.07, 6.45) is 3.18. The maximum absolute atomic E-state index is 5.56. The van der Waals surface area contributed by atoms with E-state index in [1.807, 2.05) is 13.8 Å². The largest absolute Gasteiger partial charge is 0.334 e. The fourth-order valence-electron chi connectivity index (χ4n) is 0.790. The van der Waals surface area contributed by atoms with Crippen LogP contribution in [0.3, 0.4) is 0 Å². The van der Waals surface area contributed by atoms with Crippen LogP contribution < -0.4 is 0 Å². The molecule has 0 bridgehead atoms. The van der Waals surface area contributed by atoms with E-state index in [1.165, 1.54) is 0 Å². The maximum Gasteiger partial charge on any atom is 0.170 e. The minimum Gasteiger partial charge on any atom is -0.334 e. The summed E-state index contributed by atoms with van der Waals surface area (Å²) in [5.41, 5.74) is 0. The van der Waals surface area contributed by atoms with E-state index >= 15 is 0 Å². The summed E-state index contributed by atoms with van der Waals surface area (Å²) in [6.45, 7) is 5.48. The summed E-state index contributed by atoms with van der Waals surface area (Å²) < 4.78 is 10.9. The molecule has 0 aliphatic rings. The van der Waals surface area contributed by atoms with Crippen molar-refractivity contribution >= 4 is 20.0 Å². The van der Waals surface area contributed by atoms with Crippen molar-refractivity contribution < 1.29 is 9.05 Å². The molecule has 0 aliphatic carbocycles. The molecule has 0 aliphatic heterocycles. The van der Waals surface area contributed by atoms with Gasteiger partial charge in [0, 0.05) is 12.0 Å². The Bertz CT molecular complexity index is 87.1. The molecule has 0 saturated carbocycles. The molecule has 0 radical (unpaired) electrons. The summed E-state index contributed by atoms with van der Waals surface area (Å²) in [5, 5.41) is 0. The minimum absolute atomic E-state index is 0.631. The van der Waals surface area contributed by atoms with Crippen molar-refractivity contribution in [3.8, 4) is 0 Å². The van der Waals surface area contributed by atoms with E-state index in [0.717, 1.165) is 38.1 Å². The van der Waals surface area contributed by atoms with E-state index in [2.05, 4.69) is 0 Å². The molecule has 12 heavy (non-hydrogen) atoms. The third-order valence-corrected chi connectivity index (χ3v) is 3.31. The lowest BCUT2D eigenvalue weighted by atomic mass is 10.4. The second kappa shape index (κ2) is 9.73. The zero-order chi connectivity index (χ0) is 9.23. The Kier molecular flexibility index (Phi) is 10.2. The van der Waals surface area contributed by atoms with Gasteiger partial charge in [0.25, 0.3) is 0 Å². The molecular formula is C8H18ClO2P. The first kappa shape index (κ1) is 12.6. The van der Waals surface area contributed by atoms with Gasteiger partial charge in [0.15, 0.2) is 8.38 Å². The van der Waals surface area contributed by atoms with Crippen LogP contribution in [0.1, 0.15) is 26.7 Å². The van der Waals surface area contributed by atoms with Gasteiger partial charge in [-0.3, -0.25) is 0 Å². The van der Waals surface area contributed by atoms with Gasteiger partial charge in [-0.05, 0) is 26.7 Å². The summed E-state index contributed by atoms with van der Waals surface area (Å²) in [7, 11) is -0.631. The average molecular weight is 213 g/mol. The predicted octanol–water partition coefficient (Wildman–Crippen LogP) is 3.39. The molecule has 0 atom stereocenters. The topological polar surface area (TPSA) is 18.5 Å². The van der Waals surface area contributed by atoms with Crippen molar-refractivity contribution in [2.75, 3.05) is 25.3 Å². The Labute approximate surface area is 81.5 Å². The summed E-state index contributed by atoms with van der Waals surface area (Å²) in [6, 6.07) is 0. The van der Waals surface area contributed by atoms with Crippen LogP contribution in [0.25, 0.3) is 0 Å². The molecule has 0 rings (SSSR count). The molecule has 0 heterocycles. The van der Waals surface area contributed by atoms with Gasteiger partial charge in [0.1, 0.15) is 0 Å². The molecule has 0 aromatic rings. The fourth-order valence-corrected chi connectivity index (χ4v) is 2.37. The lowest BCUT2D eigenvalue weighted by molar-refractivity contribution is 0.269. The van der Waals surface area contributed by atoms with Crippen molar-refractivity contribution in [2.24, 2.45) is 0 Å². The zero-order valence-corrected chi connectivity index (χ0v) is 9.53. The van der Waals surface area contributed by atoms with Gasteiger partial charge >= 0.3 is 0 Å². The molecular weight excluding hydrogens is 195 g/mol. The van der Waals surface area contributed by atoms with Crippen molar-refractivity contribution in [3.05, 3.63) is 0 Å². The van der Waals surface area contributed by atoms with E-state index in [0.29, 0.717) is 0 Å². The Hall–Kier alpha value is 0.640. The lowest BCUT2D eigenvalue weighted by Crippen LogP contribution is -1.95. The number of halogens is 1. The molecule has 0 fully saturated rings. The Balaban J connectivity index is 3.34. The first-order chi connectivity index (χ1) is 5.85. The highest BCUT2D eigenvalue weighted by atomic mass is 35.5. The normalized spacial score (nSPS) is 11.0. The van der Waals surface area contributed by atoms with Crippen molar-refractivity contribution in [1.82, 2.24) is 0 Å². The third-order valence-electron chi connectivity index (χ3n) is 1.27. The smallest absolute Gasteiger partial charge is 0.170 e. The van der Waals surface area contributed by atoms with Gasteiger partial charge in [0.05, 0.1) is 13.2 Å². The minimum atomic E-state index is -0.631. The van der Waals surface area contributed by atoms with Gasteiger partial charge in [-0.1, -0.05) is 0 Å². The summed E-state index contributed by atoms with van der Waals surface area (Å²) >= 11 is 5.56.